The normalized spacial score (nSPS) is 24.3. The van der Waals surface area contributed by atoms with Gasteiger partial charge in [-0.1, -0.05) is 37.5 Å². The third-order valence-corrected chi connectivity index (χ3v) is 5.66. The van der Waals surface area contributed by atoms with Crippen LogP contribution >= 0.6 is 0 Å². The van der Waals surface area contributed by atoms with Crippen molar-refractivity contribution < 1.29 is 0 Å². The molecule has 20 heavy (non-hydrogen) atoms. The van der Waals surface area contributed by atoms with Gasteiger partial charge in [-0.15, -0.1) is 0 Å². The fourth-order valence-electron chi connectivity index (χ4n) is 4.87. The van der Waals surface area contributed by atoms with Crippen molar-refractivity contribution in [2.24, 2.45) is 5.41 Å². The Balaban J connectivity index is 1.97. The van der Waals surface area contributed by atoms with Gasteiger partial charge in [0.25, 0.3) is 0 Å². The first-order valence-corrected chi connectivity index (χ1v) is 8.28. The van der Waals surface area contributed by atoms with Gasteiger partial charge in [0.2, 0.25) is 0 Å². The molecule has 1 heteroatoms. The highest BCUT2D eigenvalue weighted by molar-refractivity contribution is 5.61. The maximum Gasteiger partial charge on any atom is 0.0430 e. The fourth-order valence-corrected chi connectivity index (χ4v) is 4.87. The number of anilines is 1. The van der Waals surface area contributed by atoms with Crippen LogP contribution in [0.5, 0.6) is 0 Å². The van der Waals surface area contributed by atoms with Crippen LogP contribution in [0.15, 0.2) is 18.2 Å². The molecule has 1 aromatic carbocycles. The maximum absolute atomic E-state index is 2.73. The number of nitrogens with zero attached hydrogens (tertiary/aromatic N) is 1. The minimum absolute atomic E-state index is 0.300. The highest BCUT2D eigenvalue weighted by Crippen LogP contribution is 2.52. The summed E-state index contributed by atoms with van der Waals surface area (Å²) in [5.74, 6) is 0. The molecule has 1 aliphatic heterocycles. The van der Waals surface area contributed by atoms with Gasteiger partial charge in [-0.25, -0.2) is 0 Å². The summed E-state index contributed by atoms with van der Waals surface area (Å²) in [4.78, 5) is 2.73. The second-order valence-electron chi connectivity index (χ2n) is 7.88. The summed E-state index contributed by atoms with van der Waals surface area (Å²) in [6.07, 6.45) is 8.59. The molecule has 0 atom stereocenters. The first-order chi connectivity index (χ1) is 9.44. The molecule has 1 aliphatic carbocycles. The summed E-state index contributed by atoms with van der Waals surface area (Å²) >= 11 is 0. The van der Waals surface area contributed by atoms with Crippen LogP contribution < -0.4 is 4.90 Å². The third-order valence-electron chi connectivity index (χ3n) is 5.66. The molecule has 0 amide bonds. The maximum atomic E-state index is 2.73. The SMILES string of the molecule is Cc1cccc(C)c1N1CC2(CCCCC2)CC1(C)C. The van der Waals surface area contributed by atoms with Gasteiger partial charge >= 0.3 is 0 Å². The van der Waals surface area contributed by atoms with Crippen molar-refractivity contribution >= 4 is 5.69 Å². The molecule has 110 valence electrons. The van der Waals surface area contributed by atoms with Gasteiger partial charge in [-0.2, -0.15) is 0 Å². The summed E-state index contributed by atoms with van der Waals surface area (Å²) in [5, 5.41) is 0. The Kier molecular flexibility index (Phi) is 3.35. The van der Waals surface area contributed by atoms with Crippen molar-refractivity contribution in [2.75, 3.05) is 11.4 Å². The molecule has 1 nitrogen and oxygen atoms in total. The molecular weight excluding hydrogens is 242 g/mol. The zero-order chi connectivity index (χ0) is 14.4. The Bertz CT molecular complexity index is 474. The van der Waals surface area contributed by atoms with Gasteiger partial charge in [0.15, 0.2) is 0 Å². The lowest BCUT2D eigenvalue weighted by atomic mass is 9.71. The molecular formula is C19H29N. The van der Waals surface area contributed by atoms with E-state index in [4.69, 9.17) is 0 Å². The van der Waals surface area contributed by atoms with Crippen LogP contribution in [-0.4, -0.2) is 12.1 Å². The molecule has 3 rings (SSSR count). The molecule has 0 bridgehead atoms. The minimum Gasteiger partial charge on any atom is -0.365 e. The molecule has 1 spiro atoms. The van der Waals surface area contributed by atoms with Gasteiger partial charge in [0, 0.05) is 17.8 Å². The minimum atomic E-state index is 0.300. The fraction of sp³-hybridized carbons (Fsp3) is 0.684. The van der Waals surface area contributed by atoms with E-state index in [1.165, 1.54) is 61.9 Å². The van der Waals surface area contributed by atoms with Crippen LogP contribution in [0, 0.1) is 19.3 Å². The molecule has 1 saturated heterocycles. The average Bonchev–Trinajstić information content (AvgIpc) is 2.61. The van der Waals surface area contributed by atoms with Crippen LogP contribution in [0.4, 0.5) is 5.69 Å². The summed E-state index contributed by atoms with van der Waals surface area (Å²) in [6, 6.07) is 6.72. The summed E-state index contributed by atoms with van der Waals surface area (Å²) in [7, 11) is 0. The molecule has 1 heterocycles. The van der Waals surface area contributed by atoms with Crippen molar-refractivity contribution in [3.05, 3.63) is 29.3 Å². The zero-order valence-electron chi connectivity index (χ0n) is 13.6. The highest BCUT2D eigenvalue weighted by Gasteiger charge is 2.48. The van der Waals surface area contributed by atoms with E-state index in [1.54, 1.807) is 0 Å². The molecule has 1 saturated carbocycles. The van der Waals surface area contributed by atoms with Crippen molar-refractivity contribution in [3.8, 4) is 0 Å². The molecule has 2 aliphatic rings. The molecule has 0 unspecified atom stereocenters. The summed E-state index contributed by atoms with van der Waals surface area (Å²) in [6.45, 7) is 10.7. The van der Waals surface area contributed by atoms with Crippen molar-refractivity contribution in [2.45, 2.75) is 71.8 Å². The van der Waals surface area contributed by atoms with E-state index in [0.29, 0.717) is 11.0 Å². The van der Waals surface area contributed by atoms with E-state index in [9.17, 15) is 0 Å². The lowest BCUT2D eigenvalue weighted by Gasteiger charge is -2.36. The van der Waals surface area contributed by atoms with Crippen molar-refractivity contribution in [1.82, 2.24) is 0 Å². The Labute approximate surface area is 124 Å². The second-order valence-corrected chi connectivity index (χ2v) is 7.88. The number of para-hydroxylation sites is 1. The number of hydrogen-bond acceptors (Lipinski definition) is 1. The van der Waals surface area contributed by atoms with E-state index < -0.39 is 0 Å². The molecule has 0 N–H and O–H groups in total. The zero-order valence-corrected chi connectivity index (χ0v) is 13.6. The predicted octanol–water partition coefficient (Wildman–Crippen LogP) is 5.24. The van der Waals surface area contributed by atoms with E-state index >= 15 is 0 Å². The number of benzene rings is 1. The monoisotopic (exact) mass is 271 g/mol. The molecule has 0 aromatic heterocycles. The molecule has 1 aromatic rings. The van der Waals surface area contributed by atoms with Crippen molar-refractivity contribution in [1.29, 1.82) is 0 Å². The van der Waals surface area contributed by atoms with E-state index in [1.807, 2.05) is 0 Å². The van der Waals surface area contributed by atoms with Crippen LogP contribution in [0.2, 0.25) is 0 Å². The largest absolute Gasteiger partial charge is 0.365 e. The van der Waals surface area contributed by atoms with Crippen LogP contribution in [-0.2, 0) is 0 Å². The lowest BCUT2D eigenvalue weighted by molar-refractivity contribution is 0.204. The average molecular weight is 271 g/mol. The lowest BCUT2D eigenvalue weighted by Crippen LogP contribution is -2.39. The summed E-state index contributed by atoms with van der Waals surface area (Å²) in [5.41, 5.74) is 5.27. The quantitative estimate of drug-likeness (QED) is 0.675. The predicted molar refractivity (Wildman–Crippen MR) is 87.5 cm³/mol. The van der Waals surface area contributed by atoms with Gasteiger partial charge in [-0.3, -0.25) is 0 Å². The van der Waals surface area contributed by atoms with Crippen LogP contribution in [0.25, 0.3) is 0 Å². The van der Waals surface area contributed by atoms with Gasteiger partial charge < -0.3 is 4.90 Å². The van der Waals surface area contributed by atoms with Gasteiger partial charge in [0.1, 0.15) is 0 Å². The number of hydrogen-bond donors (Lipinski definition) is 0. The van der Waals surface area contributed by atoms with E-state index in [-0.39, 0.29) is 0 Å². The first kappa shape index (κ1) is 14.0. The second kappa shape index (κ2) is 4.79. The topological polar surface area (TPSA) is 3.24 Å². The highest BCUT2D eigenvalue weighted by atomic mass is 15.2. The van der Waals surface area contributed by atoms with Gasteiger partial charge in [0.05, 0.1) is 0 Å². The van der Waals surface area contributed by atoms with Crippen LogP contribution in [0.1, 0.15) is 63.5 Å². The Morgan fingerprint density at radius 3 is 2.15 bits per heavy atom. The molecule has 2 fully saturated rings. The first-order valence-electron chi connectivity index (χ1n) is 8.28. The summed E-state index contributed by atoms with van der Waals surface area (Å²) < 4.78 is 0. The Morgan fingerprint density at radius 2 is 1.55 bits per heavy atom. The molecule has 0 radical (unpaired) electrons. The van der Waals surface area contributed by atoms with Crippen molar-refractivity contribution in [3.63, 3.8) is 0 Å². The van der Waals surface area contributed by atoms with E-state index in [2.05, 4.69) is 50.8 Å². The third kappa shape index (κ3) is 2.25. The Hall–Kier alpha value is -0.980. The Morgan fingerprint density at radius 1 is 0.950 bits per heavy atom. The number of rotatable bonds is 1. The smallest absolute Gasteiger partial charge is 0.0430 e. The number of aryl methyl sites for hydroxylation is 2. The van der Waals surface area contributed by atoms with Gasteiger partial charge in [-0.05, 0) is 63.5 Å². The standard InChI is InChI=1S/C19H29N/c1-15-9-8-10-16(2)17(15)20-14-19(13-18(20,3)4)11-6-5-7-12-19/h8-10H,5-7,11-14H2,1-4H3. The van der Waals surface area contributed by atoms with E-state index in [0.717, 1.165) is 0 Å². The van der Waals surface area contributed by atoms with Crippen LogP contribution in [0.3, 0.4) is 0 Å².